The monoisotopic (exact) mass is 312 g/mol. The van der Waals surface area contributed by atoms with Gasteiger partial charge in [0.1, 0.15) is 18.9 Å². The molecule has 2 rings (SSSR count). The highest BCUT2D eigenvalue weighted by Gasteiger charge is 2.32. The summed E-state index contributed by atoms with van der Waals surface area (Å²) in [6.07, 6.45) is 0. The number of halogens is 1. The molecule has 18 heavy (non-hydrogen) atoms. The first-order valence-corrected chi connectivity index (χ1v) is 6.31. The van der Waals surface area contributed by atoms with Crippen LogP contribution in [0.15, 0.2) is 28.7 Å². The zero-order valence-corrected chi connectivity index (χ0v) is 11.5. The van der Waals surface area contributed by atoms with Gasteiger partial charge in [0.15, 0.2) is 0 Å². The van der Waals surface area contributed by atoms with Crippen molar-refractivity contribution in [2.75, 3.05) is 26.7 Å². The van der Waals surface area contributed by atoms with E-state index in [9.17, 15) is 9.59 Å². The molecule has 0 aromatic heterocycles. The van der Waals surface area contributed by atoms with Crippen molar-refractivity contribution in [1.29, 1.82) is 0 Å². The smallest absolute Gasteiger partial charge is 0.327 e. The SMILES string of the molecule is CN1CC(=O)N(CCOc2cccc(Br)c2)C1=O. The number of nitrogens with zero attached hydrogens (tertiary/aromatic N) is 2. The second-order valence-corrected chi connectivity index (χ2v) is 4.91. The molecule has 1 fully saturated rings. The molecule has 0 N–H and O–H groups in total. The topological polar surface area (TPSA) is 49.9 Å². The fraction of sp³-hybridized carbons (Fsp3) is 0.333. The number of amides is 3. The number of benzene rings is 1. The molecule has 1 saturated heterocycles. The van der Waals surface area contributed by atoms with E-state index in [0.717, 1.165) is 4.47 Å². The normalized spacial score (nSPS) is 15.4. The average Bonchev–Trinajstić information content (AvgIpc) is 2.56. The molecule has 0 unspecified atom stereocenters. The number of hydrogen-bond donors (Lipinski definition) is 0. The Labute approximate surface area is 113 Å². The van der Waals surface area contributed by atoms with Crippen LogP contribution in [0.4, 0.5) is 4.79 Å². The maximum absolute atomic E-state index is 11.6. The molecule has 1 aliphatic heterocycles. The van der Waals surface area contributed by atoms with E-state index in [-0.39, 0.29) is 25.0 Å². The lowest BCUT2D eigenvalue weighted by atomic mass is 10.3. The maximum Gasteiger partial charge on any atom is 0.327 e. The number of imide groups is 1. The predicted octanol–water partition coefficient (Wildman–Crippen LogP) is 1.72. The number of rotatable bonds is 4. The summed E-state index contributed by atoms with van der Waals surface area (Å²) in [7, 11) is 1.61. The van der Waals surface area contributed by atoms with Crippen molar-refractivity contribution in [2.24, 2.45) is 0 Å². The van der Waals surface area contributed by atoms with Gasteiger partial charge in [-0.25, -0.2) is 4.79 Å². The Morgan fingerprint density at radius 2 is 2.17 bits per heavy atom. The summed E-state index contributed by atoms with van der Waals surface area (Å²) in [6, 6.07) is 7.15. The van der Waals surface area contributed by atoms with Crippen LogP contribution >= 0.6 is 15.9 Å². The molecule has 0 saturated carbocycles. The van der Waals surface area contributed by atoms with Crippen LogP contribution in [-0.2, 0) is 4.79 Å². The van der Waals surface area contributed by atoms with Crippen LogP contribution in [0.1, 0.15) is 0 Å². The highest BCUT2D eigenvalue weighted by molar-refractivity contribution is 9.10. The van der Waals surface area contributed by atoms with Crippen molar-refractivity contribution in [2.45, 2.75) is 0 Å². The van der Waals surface area contributed by atoms with E-state index in [1.165, 1.54) is 9.80 Å². The van der Waals surface area contributed by atoms with Crippen molar-refractivity contribution < 1.29 is 14.3 Å². The molecular weight excluding hydrogens is 300 g/mol. The van der Waals surface area contributed by atoms with E-state index in [2.05, 4.69) is 15.9 Å². The fourth-order valence-corrected chi connectivity index (χ4v) is 2.08. The van der Waals surface area contributed by atoms with Gasteiger partial charge in [-0.3, -0.25) is 9.69 Å². The number of carbonyl (C=O) groups excluding carboxylic acids is 2. The van der Waals surface area contributed by atoms with Gasteiger partial charge in [-0.15, -0.1) is 0 Å². The molecule has 0 spiro atoms. The minimum Gasteiger partial charge on any atom is -0.492 e. The number of hydrogen-bond acceptors (Lipinski definition) is 3. The Morgan fingerprint density at radius 3 is 2.78 bits per heavy atom. The molecule has 0 bridgehead atoms. The van der Waals surface area contributed by atoms with Crippen LogP contribution in [0.3, 0.4) is 0 Å². The Bertz CT molecular complexity index is 478. The second kappa shape index (κ2) is 5.39. The molecule has 1 aromatic rings. The van der Waals surface area contributed by atoms with E-state index >= 15 is 0 Å². The highest BCUT2D eigenvalue weighted by Crippen LogP contribution is 2.17. The summed E-state index contributed by atoms with van der Waals surface area (Å²) in [4.78, 5) is 25.7. The summed E-state index contributed by atoms with van der Waals surface area (Å²) >= 11 is 3.34. The van der Waals surface area contributed by atoms with Gasteiger partial charge in [0, 0.05) is 11.5 Å². The average molecular weight is 313 g/mol. The third-order valence-corrected chi connectivity index (χ3v) is 3.10. The number of ether oxygens (including phenoxy) is 1. The standard InChI is InChI=1S/C12H13BrN2O3/c1-14-8-11(16)15(12(14)17)5-6-18-10-4-2-3-9(13)7-10/h2-4,7H,5-6,8H2,1H3. The largest absolute Gasteiger partial charge is 0.492 e. The second-order valence-electron chi connectivity index (χ2n) is 3.99. The van der Waals surface area contributed by atoms with E-state index in [0.29, 0.717) is 12.4 Å². The minimum atomic E-state index is -0.266. The fourth-order valence-electron chi connectivity index (χ4n) is 1.70. The third kappa shape index (κ3) is 2.81. The number of carbonyl (C=O) groups is 2. The van der Waals surface area contributed by atoms with Crippen LogP contribution in [-0.4, -0.2) is 48.5 Å². The Kier molecular flexibility index (Phi) is 3.86. The van der Waals surface area contributed by atoms with E-state index in [1.54, 1.807) is 7.05 Å². The van der Waals surface area contributed by atoms with Crippen molar-refractivity contribution in [3.05, 3.63) is 28.7 Å². The van der Waals surface area contributed by atoms with Crippen LogP contribution in [0, 0.1) is 0 Å². The Hall–Kier alpha value is -1.56. The first-order valence-electron chi connectivity index (χ1n) is 5.52. The summed E-state index contributed by atoms with van der Waals surface area (Å²) in [5, 5.41) is 0. The number of urea groups is 1. The van der Waals surface area contributed by atoms with E-state index in [4.69, 9.17) is 4.74 Å². The molecule has 0 atom stereocenters. The van der Waals surface area contributed by atoms with Crippen molar-refractivity contribution >= 4 is 27.9 Å². The number of likely N-dealkylation sites (N-methyl/N-ethyl adjacent to an activating group) is 1. The van der Waals surface area contributed by atoms with Crippen LogP contribution < -0.4 is 4.74 Å². The van der Waals surface area contributed by atoms with Gasteiger partial charge in [0.05, 0.1) is 6.54 Å². The Balaban J connectivity index is 1.86. The van der Waals surface area contributed by atoms with Crippen molar-refractivity contribution in [1.82, 2.24) is 9.80 Å². The van der Waals surface area contributed by atoms with Crippen LogP contribution in [0.25, 0.3) is 0 Å². The van der Waals surface area contributed by atoms with Gasteiger partial charge < -0.3 is 9.64 Å². The molecule has 1 aliphatic rings. The molecule has 1 aromatic carbocycles. The van der Waals surface area contributed by atoms with Crippen LogP contribution in [0.2, 0.25) is 0 Å². The lowest BCUT2D eigenvalue weighted by molar-refractivity contribution is -0.125. The summed E-state index contributed by atoms with van der Waals surface area (Å²) < 4.78 is 6.41. The van der Waals surface area contributed by atoms with Crippen molar-refractivity contribution in [3.8, 4) is 5.75 Å². The molecule has 1 heterocycles. The van der Waals surface area contributed by atoms with Gasteiger partial charge >= 0.3 is 6.03 Å². The first kappa shape index (κ1) is 12.9. The molecular formula is C12H13BrN2O3. The summed E-state index contributed by atoms with van der Waals surface area (Å²) in [5.74, 6) is 0.525. The lowest BCUT2D eigenvalue weighted by Gasteiger charge is -2.14. The van der Waals surface area contributed by atoms with Gasteiger partial charge in [-0.2, -0.15) is 0 Å². The molecule has 0 radical (unpaired) electrons. The van der Waals surface area contributed by atoms with Crippen LogP contribution in [0.5, 0.6) is 5.75 Å². The highest BCUT2D eigenvalue weighted by atomic mass is 79.9. The predicted molar refractivity (Wildman–Crippen MR) is 69.4 cm³/mol. The first-order chi connectivity index (χ1) is 8.58. The van der Waals surface area contributed by atoms with Crippen molar-refractivity contribution in [3.63, 3.8) is 0 Å². The van der Waals surface area contributed by atoms with E-state index in [1.807, 2.05) is 24.3 Å². The maximum atomic E-state index is 11.6. The van der Waals surface area contributed by atoms with Gasteiger partial charge in [-0.05, 0) is 18.2 Å². The summed E-state index contributed by atoms with van der Waals surface area (Å²) in [6.45, 7) is 0.714. The molecule has 5 nitrogen and oxygen atoms in total. The zero-order chi connectivity index (χ0) is 13.1. The van der Waals surface area contributed by atoms with Gasteiger partial charge in [-0.1, -0.05) is 22.0 Å². The summed E-state index contributed by atoms with van der Waals surface area (Å²) in [5.41, 5.74) is 0. The minimum absolute atomic E-state index is 0.149. The lowest BCUT2D eigenvalue weighted by Crippen LogP contribution is -2.35. The molecule has 6 heteroatoms. The van der Waals surface area contributed by atoms with E-state index < -0.39 is 0 Å². The quantitative estimate of drug-likeness (QED) is 0.795. The van der Waals surface area contributed by atoms with Gasteiger partial charge in [0.25, 0.3) is 0 Å². The Morgan fingerprint density at radius 1 is 1.39 bits per heavy atom. The van der Waals surface area contributed by atoms with Gasteiger partial charge in [0.2, 0.25) is 5.91 Å². The third-order valence-electron chi connectivity index (χ3n) is 2.61. The molecule has 0 aliphatic carbocycles. The molecule has 3 amide bonds. The zero-order valence-electron chi connectivity index (χ0n) is 9.93. The molecule has 96 valence electrons.